The zero-order valence-electron chi connectivity index (χ0n) is 16.8. The Morgan fingerprint density at radius 2 is 1.53 bits per heavy atom. The molecule has 10 heteroatoms. The second-order valence-electron chi connectivity index (χ2n) is 7.75. The zero-order chi connectivity index (χ0) is 23.2. The summed E-state index contributed by atoms with van der Waals surface area (Å²) in [6, 6.07) is 19.7. The SMILES string of the molecule is ClCCCc1cc2ccccc2c2[n+]1CCc1c-2[nH]c2ccccc12.[F][Sb-]([F])([F])([F])([F])[F]. The minimum absolute atomic E-state index is 0.708. The number of nitrogens with zero attached hydrogens (tertiary/aromatic N) is 1. The molecule has 0 aliphatic carbocycles. The Morgan fingerprint density at radius 3 is 2.22 bits per heavy atom. The topological polar surface area (TPSA) is 19.7 Å². The monoisotopic (exact) mass is 582 g/mol. The quantitative estimate of drug-likeness (QED) is 0.115. The van der Waals surface area contributed by atoms with Gasteiger partial charge in [-0.2, -0.15) is 4.57 Å². The second kappa shape index (κ2) is 7.56. The standard InChI is InChI=1S/C22H19ClN2.6FH.Sb/c23-12-5-7-16-14-15-6-1-2-8-17(15)22-21-19(11-13-25(16)22)18-9-3-4-10-20(18)24-21;;;;;;;/h1-4,6,8-10,14H,5,7,11-13H2;6*1H;/q;;;;;;;+5/p-5. The summed E-state index contributed by atoms with van der Waals surface area (Å²) < 4.78 is 62.1. The molecule has 0 saturated carbocycles. The van der Waals surface area contributed by atoms with Crippen molar-refractivity contribution >= 4 is 52.8 Å². The van der Waals surface area contributed by atoms with Gasteiger partial charge >= 0.3 is 36.4 Å². The van der Waals surface area contributed by atoms with E-state index >= 15 is 0 Å². The van der Waals surface area contributed by atoms with Crippen LogP contribution < -0.4 is 4.57 Å². The summed E-state index contributed by atoms with van der Waals surface area (Å²) in [7, 11) is 0. The first-order valence-electron chi connectivity index (χ1n) is 9.98. The van der Waals surface area contributed by atoms with Crippen LogP contribution in [-0.2, 0) is 19.4 Å². The Balaban J connectivity index is 0.000000307. The molecule has 0 amide bonds. The third-order valence-electron chi connectivity index (χ3n) is 5.36. The number of para-hydroxylation sites is 1. The van der Waals surface area contributed by atoms with Crippen LogP contribution in [0.4, 0.5) is 16.9 Å². The van der Waals surface area contributed by atoms with Crippen molar-refractivity contribution in [2.45, 2.75) is 25.8 Å². The summed E-state index contributed by atoms with van der Waals surface area (Å²) in [5.74, 6) is 0.708. The number of hydrogen-bond acceptors (Lipinski definition) is 0. The van der Waals surface area contributed by atoms with Crippen molar-refractivity contribution in [2.75, 3.05) is 5.88 Å². The van der Waals surface area contributed by atoms with E-state index in [0.29, 0.717) is 5.88 Å². The van der Waals surface area contributed by atoms with E-state index in [0.717, 1.165) is 25.8 Å². The Kier molecular flexibility index (Phi) is 5.49. The number of aromatic amines is 1. The number of pyridine rings is 1. The number of rotatable bonds is 3. The third kappa shape index (κ3) is 5.52. The van der Waals surface area contributed by atoms with Gasteiger partial charge in [-0.1, -0.05) is 36.4 Å². The molecule has 4 aromatic rings. The van der Waals surface area contributed by atoms with Crippen molar-refractivity contribution < 1.29 is 21.4 Å². The molecule has 32 heavy (non-hydrogen) atoms. The van der Waals surface area contributed by atoms with Gasteiger partial charge in [-0.15, -0.1) is 11.6 Å². The molecule has 0 atom stereocenters. The Hall–Kier alpha value is -1.92. The number of fused-ring (bicyclic) bond motifs is 7. The van der Waals surface area contributed by atoms with Crippen LogP contribution in [0.3, 0.4) is 0 Å². The molecule has 5 rings (SSSR count). The van der Waals surface area contributed by atoms with Gasteiger partial charge < -0.3 is 4.98 Å². The van der Waals surface area contributed by atoms with E-state index in [2.05, 4.69) is 64.1 Å². The Morgan fingerprint density at radius 1 is 0.906 bits per heavy atom. The summed E-state index contributed by atoms with van der Waals surface area (Å²) in [5, 5.41) is 3.99. The molecule has 1 N–H and O–H groups in total. The molecule has 2 aromatic heterocycles. The van der Waals surface area contributed by atoms with Crippen LogP contribution in [0.15, 0.2) is 54.6 Å². The first kappa shape index (κ1) is 23.2. The Labute approximate surface area is 187 Å². The average molecular weight is 584 g/mol. The molecule has 0 unspecified atom stereocenters. The van der Waals surface area contributed by atoms with Crippen molar-refractivity contribution in [3.63, 3.8) is 0 Å². The maximum absolute atomic E-state index is 11.2. The van der Waals surface area contributed by atoms with Crippen LogP contribution in [-0.4, -0.2) is 30.3 Å². The summed E-state index contributed by atoms with van der Waals surface area (Å²) in [6.07, 6.45) is 3.11. The Bertz CT molecular complexity index is 1300. The van der Waals surface area contributed by atoms with Gasteiger partial charge in [0.1, 0.15) is 5.69 Å². The van der Waals surface area contributed by atoms with Gasteiger partial charge in [0.2, 0.25) is 5.69 Å². The number of aryl methyl sites for hydroxylation is 2. The number of alkyl halides is 1. The summed E-state index contributed by atoms with van der Waals surface area (Å²) >= 11 is -5.28. The van der Waals surface area contributed by atoms with Crippen LogP contribution in [0.25, 0.3) is 33.1 Å². The van der Waals surface area contributed by atoms with Crippen LogP contribution in [0.5, 0.6) is 0 Å². The molecule has 172 valence electrons. The molecular weight excluding hydrogens is 563 g/mol. The molecule has 0 spiro atoms. The number of halogens is 7. The van der Waals surface area contributed by atoms with Gasteiger partial charge in [0.25, 0.3) is 0 Å². The number of aromatic nitrogens is 2. The van der Waals surface area contributed by atoms with E-state index in [1.165, 1.54) is 44.3 Å². The van der Waals surface area contributed by atoms with Gasteiger partial charge in [0.15, 0.2) is 12.2 Å². The van der Waals surface area contributed by atoms with Gasteiger partial charge in [-0.25, -0.2) is 0 Å². The first-order chi connectivity index (χ1) is 14.8. The van der Waals surface area contributed by atoms with Crippen LogP contribution in [0.1, 0.15) is 17.7 Å². The predicted octanol–water partition coefficient (Wildman–Crippen LogP) is 7.14. The third-order valence-corrected chi connectivity index (χ3v) is 5.62. The molecule has 0 radical (unpaired) electrons. The molecule has 0 fully saturated rings. The molecule has 1 aliphatic rings. The van der Waals surface area contributed by atoms with Crippen molar-refractivity contribution in [3.8, 4) is 11.4 Å². The average Bonchev–Trinajstić information content (AvgIpc) is 3.08. The zero-order valence-corrected chi connectivity index (χ0v) is 20.1. The minimum atomic E-state index is -11.2. The van der Waals surface area contributed by atoms with E-state index in [9.17, 15) is 16.9 Å². The van der Waals surface area contributed by atoms with E-state index in [1.54, 1.807) is 0 Å². The number of nitrogens with one attached hydrogen (secondary N) is 1. The molecule has 2 aromatic carbocycles. The van der Waals surface area contributed by atoms with Crippen molar-refractivity contribution in [1.82, 2.24) is 4.98 Å². The van der Waals surface area contributed by atoms with Gasteiger partial charge in [-0.05, 0) is 29.5 Å². The molecule has 0 bridgehead atoms. The molecule has 0 saturated heterocycles. The maximum atomic E-state index is 9.93. The first-order valence-corrected chi connectivity index (χ1v) is 16.3. The summed E-state index contributed by atoms with van der Waals surface area (Å²) in [5.41, 5.74) is 6.70. The fourth-order valence-corrected chi connectivity index (χ4v) is 4.38. The molecule has 1 aliphatic heterocycles. The van der Waals surface area contributed by atoms with E-state index in [4.69, 9.17) is 11.6 Å². The number of benzene rings is 2. The van der Waals surface area contributed by atoms with Gasteiger partial charge in [0.05, 0.1) is 5.39 Å². The number of H-pyrrole nitrogens is 1. The number of hydrogen-bond donors (Lipinski definition) is 1. The second-order valence-corrected chi connectivity index (χ2v) is 13.6. The van der Waals surface area contributed by atoms with Crippen LogP contribution in [0.2, 0.25) is 0 Å². The van der Waals surface area contributed by atoms with Gasteiger partial charge in [0, 0.05) is 35.7 Å². The van der Waals surface area contributed by atoms with E-state index in [-0.39, 0.29) is 0 Å². The van der Waals surface area contributed by atoms with Crippen LogP contribution in [0, 0.1) is 0 Å². The molecule has 2 nitrogen and oxygen atoms in total. The molecule has 3 heterocycles. The predicted molar refractivity (Wildman–Crippen MR) is 117 cm³/mol. The summed E-state index contributed by atoms with van der Waals surface area (Å²) in [4.78, 5) is 3.70. The van der Waals surface area contributed by atoms with Crippen molar-refractivity contribution in [1.29, 1.82) is 0 Å². The fraction of sp³-hybridized carbons (Fsp3) is 0.227. The normalized spacial score (nSPS) is 15.3. The van der Waals surface area contributed by atoms with E-state index < -0.39 is 19.5 Å². The fourth-order valence-electron chi connectivity index (χ4n) is 4.25. The van der Waals surface area contributed by atoms with E-state index in [1.807, 2.05) is 0 Å². The van der Waals surface area contributed by atoms with Gasteiger partial charge in [-0.3, -0.25) is 0 Å². The summed E-state index contributed by atoms with van der Waals surface area (Å²) in [6.45, 7) is 1.03. The van der Waals surface area contributed by atoms with Crippen molar-refractivity contribution in [3.05, 3.63) is 65.9 Å². The van der Waals surface area contributed by atoms with Crippen LogP contribution >= 0.6 is 11.6 Å². The van der Waals surface area contributed by atoms with Crippen molar-refractivity contribution in [2.24, 2.45) is 0 Å². The molecular formula is C22H20ClF6N2Sb.